The molecule has 0 atom stereocenters. The lowest BCUT2D eigenvalue weighted by Crippen LogP contribution is -2.54. The highest BCUT2D eigenvalue weighted by Gasteiger charge is 2.37. The summed E-state index contributed by atoms with van der Waals surface area (Å²) in [4.78, 5) is 49.5. The fourth-order valence-electron chi connectivity index (χ4n) is 3.07. The maximum Gasteiger partial charge on any atom is 0.335 e. The van der Waals surface area contributed by atoms with E-state index in [-0.39, 0.29) is 22.7 Å². The summed E-state index contributed by atoms with van der Waals surface area (Å²) in [6.45, 7) is 3.70. The molecule has 10 nitrogen and oxygen atoms in total. The summed E-state index contributed by atoms with van der Waals surface area (Å²) in [5.41, 5.74) is 1.17. The van der Waals surface area contributed by atoms with Crippen LogP contribution in [0, 0.1) is 24.0 Å². The van der Waals surface area contributed by atoms with E-state index in [1.807, 2.05) is 13.8 Å². The number of hydrogen-bond donors (Lipinski definition) is 1. The van der Waals surface area contributed by atoms with Gasteiger partial charge in [-0.25, -0.2) is 9.69 Å². The molecule has 0 radical (unpaired) electrons. The highest BCUT2D eigenvalue weighted by Crippen LogP contribution is 2.36. The summed E-state index contributed by atoms with van der Waals surface area (Å²) in [6, 6.07) is 6.46. The maximum absolute atomic E-state index is 13.1. The van der Waals surface area contributed by atoms with Gasteiger partial charge >= 0.3 is 6.03 Å². The molecule has 1 aliphatic rings. The number of urea groups is 1. The summed E-state index contributed by atoms with van der Waals surface area (Å²) in [7, 11) is 2.67. The van der Waals surface area contributed by atoms with Crippen molar-refractivity contribution in [3.8, 4) is 11.5 Å². The van der Waals surface area contributed by atoms with Gasteiger partial charge in [0.25, 0.3) is 17.5 Å². The van der Waals surface area contributed by atoms with Crippen molar-refractivity contribution in [1.82, 2.24) is 5.32 Å². The first kappa shape index (κ1) is 21.5. The lowest BCUT2D eigenvalue weighted by molar-refractivity contribution is -0.385. The third-order valence-electron chi connectivity index (χ3n) is 4.88. The Hall–Kier alpha value is -4.21. The lowest BCUT2D eigenvalue weighted by Gasteiger charge is -2.26. The molecule has 1 aliphatic heterocycles. The van der Waals surface area contributed by atoms with Crippen LogP contribution in [0.1, 0.15) is 16.7 Å². The van der Waals surface area contributed by atoms with Gasteiger partial charge < -0.3 is 9.47 Å². The zero-order valence-electron chi connectivity index (χ0n) is 17.2. The van der Waals surface area contributed by atoms with Crippen LogP contribution in [0.3, 0.4) is 0 Å². The molecule has 31 heavy (non-hydrogen) atoms. The van der Waals surface area contributed by atoms with E-state index in [9.17, 15) is 24.5 Å². The molecule has 2 aromatic rings. The number of barbiturate groups is 1. The number of nitro groups is 1. The topological polar surface area (TPSA) is 128 Å². The van der Waals surface area contributed by atoms with E-state index in [0.717, 1.165) is 28.2 Å². The molecular formula is C21H19N3O7. The Morgan fingerprint density at radius 1 is 1.00 bits per heavy atom. The lowest BCUT2D eigenvalue weighted by atomic mass is 10.0. The molecule has 0 aromatic heterocycles. The minimum Gasteiger partial charge on any atom is -0.493 e. The van der Waals surface area contributed by atoms with E-state index in [1.165, 1.54) is 20.3 Å². The number of aryl methyl sites for hydroxylation is 2. The highest BCUT2D eigenvalue weighted by molar-refractivity contribution is 6.39. The van der Waals surface area contributed by atoms with Gasteiger partial charge in [-0.1, -0.05) is 6.07 Å². The SMILES string of the molecule is COc1cc(/C=C2\C(=O)NC(=O)N(c3ccc(C)c(C)c3)C2=O)c([N+](=O)[O-])cc1OC. The van der Waals surface area contributed by atoms with Gasteiger partial charge in [-0.2, -0.15) is 0 Å². The first-order chi connectivity index (χ1) is 14.7. The number of anilines is 1. The highest BCUT2D eigenvalue weighted by atomic mass is 16.6. The Kier molecular flexibility index (Phi) is 5.73. The van der Waals surface area contributed by atoms with Crippen LogP contribution < -0.4 is 19.7 Å². The van der Waals surface area contributed by atoms with E-state index in [1.54, 1.807) is 18.2 Å². The van der Waals surface area contributed by atoms with Crippen molar-refractivity contribution in [2.75, 3.05) is 19.1 Å². The standard InChI is InChI=1S/C21H19N3O7/c1-11-5-6-14(7-12(11)2)23-20(26)15(19(25)22-21(23)27)8-13-9-17(30-3)18(31-4)10-16(13)24(28)29/h5-10H,1-4H3,(H,22,25,27)/b15-8+. The van der Waals surface area contributed by atoms with Crippen molar-refractivity contribution in [2.45, 2.75) is 13.8 Å². The zero-order valence-corrected chi connectivity index (χ0v) is 17.2. The Morgan fingerprint density at radius 3 is 2.23 bits per heavy atom. The van der Waals surface area contributed by atoms with Crippen LogP contribution in [0.15, 0.2) is 35.9 Å². The van der Waals surface area contributed by atoms with Gasteiger partial charge in [-0.3, -0.25) is 25.0 Å². The molecule has 3 rings (SSSR count). The molecule has 1 N–H and O–H groups in total. The van der Waals surface area contributed by atoms with E-state index in [4.69, 9.17) is 9.47 Å². The molecule has 0 unspecified atom stereocenters. The van der Waals surface area contributed by atoms with Crippen molar-refractivity contribution in [3.05, 3.63) is 62.7 Å². The number of carbonyl (C=O) groups is 3. The van der Waals surface area contributed by atoms with Gasteiger partial charge in [0.1, 0.15) is 5.57 Å². The predicted octanol–water partition coefficient (Wildman–Crippen LogP) is 2.90. The third kappa shape index (κ3) is 3.95. The average Bonchev–Trinajstić information content (AvgIpc) is 2.72. The van der Waals surface area contributed by atoms with Crippen molar-refractivity contribution in [3.63, 3.8) is 0 Å². The number of nitro benzene ring substituents is 1. The normalized spacial score (nSPS) is 15.2. The molecule has 1 saturated heterocycles. The van der Waals surface area contributed by atoms with Crippen LogP contribution in [0.25, 0.3) is 6.08 Å². The Labute approximate surface area is 177 Å². The Balaban J connectivity index is 2.14. The van der Waals surface area contributed by atoms with Crippen LogP contribution in [-0.4, -0.2) is 37.0 Å². The maximum atomic E-state index is 13.1. The van der Waals surface area contributed by atoms with Crippen molar-refractivity contribution < 1.29 is 28.8 Å². The summed E-state index contributed by atoms with van der Waals surface area (Å²) in [5, 5.41) is 13.6. The van der Waals surface area contributed by atoms with Gasteiger partial charge in [0.15, 0.2) is 11.5 Å². The van der Waals surface area contributed by atoms with Crippen LogP contribution >= 0.6 is 0 Å². The average molecular weight is 425 g/mol. The summed E-state index contributed by atoms with van der Waals surface area (Å²) in [6.07, 6.45) is 1.05. The second-order valence-electron chi connectivity index (χ2n) is 6.75. The van der Waals surface area contributed by atoms with Crippen molar-refractivity contribution in [2.24, 2.45) is 0 Å². The minimum atomic E-state index is -0.959. The van der Waals surface area contributed by atoms with Gasteiger partial charge in [-0.05, 0) is 49.2 Å². The number of rotatable bonds is 5. The minimum absolute atomic E-state index is 0.0597. The Bertz CT molecular complexity index is 1150. The number of imide groups is 2. The molecule has 0 aliphatic carbocycles. The summed E-state index contributed by atoms with van der Waals surface area (Å²) in [5.74, 6) is -1.58. The number of nitrogens with one attached hydrogen (secondary N) is 1. The largest absolute Gasteiger partial charge is 0.493 e. The number of hydrogen-bond acceptors (Lipinski definition) is 7. The number of ether oxygens (including phenoxy) is 2. The first-order valence-corrected chi connectivity index (χ1v) is 9.07. The molecule has 1 heterocycles. The molecular weight excluding hydrogens is 406 g/mol. The molecule has 2 aromatic carbocycles. The van der Waals surface area contributed by atoms with E-state index in [2.05, 4.69) is 5.32 Å². The molecule has 0 saturated carbocycles. The van der Waals surface area contributed by atoms with Gasteiger partial charge in [0, 0.05) is 0 Å². The van der Waals surface area contributed by atoms with E-state index >= 15 is 0 Å². The smallest absolute Gasteiger partial charge is 0.335 e. The molecule has 4 amide bonds. The molecule has 160 valence electrons. The second-order valence-corrected chi connectivity index (χ2v) is 6.75. The summed E-state index contributed by atoms with van der Waals surface area (Å²) < 4.78 is 10.2. The van der Waals surface area contributed by atoms with Gasteiger partial charge in [0.05, 0.1) is 36.5 Å². The summed E-state index contributed by atoms with van der Waals surface area (Å²) >= 11 is 0. The Morgan fingerprint density at radius 2 is 1.65 bits per heavy atom. The van der Waals surface area contributed by atoms with E-state index < -0.39 is 34.0 Å². The number of carbonyl (C=O) groups excluding carboxylic acids is 3. The molecule has 10 heteroatoms. The van der Waals surface area contributed by atoms with E-state index in [0.29, 0.717) is 0 Å². The number of nitrogens with zero attached hydrogens (tertiary/aromatic N) is 2. The molecule has 0 bridgehead atoms. The van der Waals surface area contributed by atoms with Gasteiger partial charge in [0.2, 0.25) is 0 Å². The second kappa shape index (κ2) is 8.27. The van der Waals surface area contributed by atoms with Crippen molar-refractivity contribution in [1.29, 1.82) is 0 Å². The molecule has 0 spiro atoms. The monoisotopic (exact) mass is 425 g/mol. The fraction of sp³-hybridized carbons (Fsp3) is 0.190. The fourth-order valence-corrected chi connectivity index (χ4v) is 3.07. The predicted molar refractivity (Wildman–Crippen MR) is 111 cm³/mol. The number of methoxy groups -OCH3 is 2. The van der Waals surface area contributed by atoms with Crippen LogP contribution in [0.5, 0.6) is 11.5 Å². The third-order valence-corrected chi connectivity index (χ3v) is 4.88. The van der Waals surface area contributed by atoms with Crippen LogP contribution in [-0.2, 0) is 9.59 Å². The first-order valence-electron chi connectivity index (χ1n) is 9.07. The van der Waals surface area contributed by atoms with Crippen LogP contribution in [0.2, 0.25) is 0 Å². The quantitative estimate of drug-likeness (QED) is 0.338. The molecule has 1 fully saturated rings. The van der Waals surface area contributed by atoms with Crippen molar-refractivity contribution >= 4 is 35.3 Å². The zero-order chi connectivity index (χ0) is 22.9. The number of benzene rings is 2. The number of amides is 4. The van der Waals surface area contributed by atoms with Gasteiger partial charge in [-0.15, -0.1) is 0 Å². The van der Waals surface area contributed by atoms with Crippen LogP contribution in [0.4, 0.5) is 16.2 Å².